The van der Waals surface area contributed by atoms with Crippen molar-refractivity contribution < 1.29 is 77.6 Å². The number of carbonyl (C=O) groups excluding carboxylic acids is 4. The SMILES string of the molecule is O=C(OC(=O)C1OC(c2ccc(O)cc2)OC1C(=O)O)C(=O)OC(=O)C1OC(c2ccc(O)cc2)OC1C(=O)O. The fraction of sp³-hybridized carbons (Fsp3) is 0.250. The van der Waals surface area contributed by atoms with Gasteiger partial charge in [0, 0.05) is 11.1 Å². The molecule has 40 heavy (non-hydrogen) atoms. The lowest BCUT2D eigenvalue weighted by Gasteiger charge is -2.13. The Labute approximate surface area is 222 Å². The third-order valence-corrected chi connectivity index (χ3v) is 5.47. The number of rotatable bonds is 6. The Hall–Kier alpha value is -4.90. The quantitative estimate of drug-likeness (QED) is 0.200. The zero-order valence-corrected chi connectivity index (χ0v) is 19.8. The van der Waals surface area contributed by atoms with Crippen LogP contribution < -0.4 is 0 Å². The molecule has 2 fully saturated rings. The number of hydrogen-bond acceptors (Lipinski definition) is 14. The van der Waals surface area contributed by atoms with Crippen LogP contribution in [0.4, 0.5) is 0 Å². The highest BCUT2D eigenvalue weighted by Crippen LogP contribution is 2.34. The summed E-state index contributed by atoms with van der Waals surface area (Å²) in [6.45, 7) is 0. The summed E-state index contributed by atoms with van der Waals surface area (Å²) < 4.78 is 29.3. The summed E-state index contributed by atoms with van der Waals surface area (Å²) in [4.78, 5) is 72.1. The molecule has 2 heterocycles. The third kappa shape index (κ3) is 6.05. The van der Waals surface area contributed by atoms with Crippen LogP contribution in [0.15, 0.2) is 48.5 Å². The molecule has 6 atom stereocenters. The topological polar surface area (TPSA) is 239 Å². The minimum absolute atomic E-state index is 0.119. The second-order valence-electron chi connectivity index (χ2n) is 8.17. The van der Waals surface area contributed by atoms with Gasteiger partial charge in [0.2, 0.25) is 0 Å². The Balaban J connectivity index is 1.38. The van der Waals surface area contributed by atoms with Gasteiger partial charge in [0.1, 0.15) is 11.5 Å². The number of ether oxygens (including phenoxy) is 6. The van der Waals surface area contributed by atoms with E-state index in [9.17, 15) is 49.2 Å². The number of carboxylic acids is 2. The van der Waals surface area contributed by atoms with Crippen molar-refractivity contribution in [3.05, 3.63) is 59.7 Å². The zero-order chi connectivity index (χ0) is 29.1. The Morgan fingerprint density at radius 1 is 0.525 bits per heavy atom. The monoisotopic (exact) mass is 562 g/mol. The van der Waals surface area contributed by atoms with E-state index in [4.69, 9.17) is 18.9 Å². The molecule has 2 saturated heterocycles. The molecule has 2 aromatic carbocycles. The van der Waals surface area contributed by atoms with Crippen molar-refractivity contribution >= 4 is 35.8 Å². The normalized spacial score (nSPS) is 25.6. The summed E-state index contributed by atoms with van der Waals surface area (Å²) in [5, 5.41) is 37.4. The first kappa shape index (κ1) is 28.1. The molecule has 6 unspecified atom stereocenters. The summed E-state index contributed by atoms with van der Waals surface area (Å²) in [5.74, 6) is -11.0. The van der Waals surface area contributed by atoms with E-state index in [1.807, 2.05) is 0 Å². The number of phenols is 2. The fourth-order valence-corrected chi connectivity index (χ4v) is 3.58. The van der Waals surface area contributed by atoms with Crippen LogP contribution in [-0.2, 0) is 57.2 Å². The van der Waals surface area contributed by atoms with Crippen molar-refractivity contribution in [2.45, 2.75) is 37.0 Å². The van der Waals surface area contributed by atoms with E-state index in [1.54, 1.807) is 0 Å². The van der Waals surface area contributed by atoms with Crippen molar-refractivity contribution in [3.63, 3.8) is 0 Å². The van der Waals surface area contributed by atoms with Crippen LogP contribution in [0.1, 0.15) is 23.7 Å². The molecule has 0 aliphatic carbocycles. The van der Waals surface area contributed by atoms with Crippen LogP contribution in [0.25, 0.3) is 0 Å². The van der Waals surface area contributed by atoms with Gasteiger partial charge in [0.15, 0.2) is 37.0 Å². The molecule has 2 aliphatic rings. The van der Waals surface area contributed by atoms with Crippen molar-refractivity contribution in [2.24, 2.45) is 0 Å². The molecule has 2 aliphatic heterocycles. The lowest BCUT2D eigenvalue weighted by molar-refractivity contribution is -0.184. The van der Waals surface area contributed by atoms with Gasteiger partial charge in [-0.3, -0.25) is 0 Å². The third-order valence-electron chi connectivity index (χ3n) is 5.47. The molecule has 0 aromatic heterocycles. The van der Waals surface area contributed by atoms with Crippen LogP contribution in [0.2, 0.25) is 0 Å². The maximum Gasteiger partial charge on any atom is 0.425 e. The second-order valence-corrected chi connectivity index (χ2v) is 8.17. The van der Waals surface area contributed by atoms with E-state index < -0.39 is 72.8 Å². The van der Waals surface area contributed by atoms with Gasteiger partial charge in [-0.25, -0.2) is 28.8 Å². The average molecular weight is 562 g/mol. The van der Waals surface area contributed by atoms with E-state index in [2.05, 4.69) is 9.47 Å². The molecule has 0 bridgehead atoms. The first-order chi connectivity index (χ1) is 18.9. The van der Waals surface area contributed by atoms with Gasteiger partial charge in [0.25, 0.3) is 0 Å². The van der Waals surface area contributed by atoms with E-state index in [1.165, 1.54) is 48.5 Å². The highest BCUT2D eigenvalue weighted by molar-refractivity contribution is 6.33. The van der Waals surface area contributed by atoms with Gasteiger partial charge in [-0.1, -0.05) is 24.3 Å². The van der Waals surface area contributed by atoms with Gasteiger partial charge in [-0.05, 0) is 24.3 Å². The molecule has 210 valence electrons. The number of aromatic hydroxyl groups is 2. The summed E-state index contributed by atoms with van der Waals surface area (Å²) in [7, 11) is 0. The summed E-state index contributed by atoms with van der Waals surface area (Å²) in [6.07, 6.45) is -10.8. The molecular weight excluding hydrogens is 544 g/mol. The Bertz CT molecular complexity index is 1230. The van der Waals surface area contributed by atoms with Gasteiger partial charge in [-0.2, -0.15) is 0 Å². The molecule has 0 amide bonds. The maximum absolute atomic E-state index is 12.4. The van der Waals surface area contributed by atoms with E-state index in [0.29, 0.717) is 0 Å². The smallest absolute Gasteiger partial charge is 0.425 e. The van der Waals surface area contributed by atoms with Crippen LogP contribution in [0.3, 0.4) is 0 Å². The molecule has 16 heteroatoms. The fourth-order valence-electron chi connectivity index (χ4n) is 3.58. The van der Waals surface area contributed by atoms with Gasteiger partial charge in [0.05, 0.1) is 0 Å². The number of esters is 4. The largest absolute Gasteiger partial charge is 0.508 e. The lowest BCUT2D eigenvalue weighted by atomic mass is 10.2. The van der Waals surface area contributed by atoms with Crippen LogP contribution in [0, 0.1) is 0 Å². The van der Waals surface area contributed by atoms with Crippen molar-refractivity contribution in [1.29, 1.82) is 0 Å². The van der Waals surface area contributed by atoms with Crippen molar-refractivity contribution in [3.8, 4) is 11.5 Å². The molecule has 4 N–H and O–H groups in total. The number of aliphatic carboxylic acids is 2. The van der Waals surface area contributed by atoms with E-state index in [-0.39, 0.29) is 22.6 Å². The predicted molar refractivity (Wildman–Crippen MR) is 119 cm³/mol. The molecular formula is C24H18O16. The van der Waals surface area contributed by atoms with Gasteiger partial charge in [-0.15, -0.1) is 0 Å². The second kappa shape index (κ2) is 11.5. The van der Waals surface area contributed by atoms with Gasteiger partial charge >= 0.3 is 35.8 Å². The summed E-state index contributed by atoms with van der Waals surface area (Å²) in [5.41, 5.74) is 0.404. The molecule has 0 radical (unpaired) electrons. The number of hydrogen-bond donors (Lipinski definition) is 4. The molecule has 4 rings (SSSR count). The summed E-state index contributed by atoms with van der Waals surface area (Å²) in [6, 6.07) is 10.2. The summed E-state index contributed by atoms with van der Waals surface area (Å²) >= 11 is 0. The number of benzene rings is 2. The molecule has 16 nitrogen and oxygen atoms in total. The van der Waals surface area contributed by atoms with E-state index >= 15 is 0 Å². The minimum atomic E-state index is -2.06. The van der Waals surface area contributed by atoms with E-state index in [0.717, 1.165) is 0 Å². The number of carboxylic acid groups (broad SMARTS) is 2. The van der Waals surface area contributed by atoms with Gasteiger partial charge < -0.3 is 48.8 Å². The Kier molecular flexibility index (Phi) is 8.05. The first-order valence-corrected chi connectivity index (χ1v) is 11.1. The lowest BCUT2D eigenvalue weighted by Crippen LogP contribution is -2.42. The van der Waals surface area contributed by atoms with Crippen molar-refractivity contribution in [2.75, 3.05) is 0 Å². The maximum atomic E-state index is 12.4. The van der Waals surface area contributed by atoms with Crippen LogP contribution in [0.5, 0.6) is 11.5 Å². The Morgan fingerprint density at radius 3 is 1.12 bits per heavy atom. The van der Waals surface area contributed by atoms with Crippen molar-refractivity contribution in [1.82, 2.24) is 0 Å². The molecule has 0 spiro atoms. The molecule has 2 aromatic rings. The first-order valence-electron chi connectivity index (χ1n) is 11.1. The predicted octanol–water partition coefficient (Wildman–Crippen LogP) is -0.328. The molecule has 0 saturated carbocycles. The Morgan fingerprint density at radius 2 is 0.825 bits per heavy atom. The average Bonchev–Trinajstić information content (AvgIpc) is 3.56. The number of phenolic OH excluding ortho intramolecular Hbond substituents is 2. The highest BCUT2D eigenvalue weighted by atomic mass is 16.8. The van der Waals surface area contributed by atoms with Crippen LogP contribution >= 0.6 is 0 Å². The standard InChI is InChI=1S/C24H18O16/c25-11-5-1-9(2-6-11)23-35-13(17(27)28)15(37-23)19(31)39-21(33)22(34)40-20(32)16-14(18(29)30)36-24(38-16)10-3-7-12(26)8-4-10/h1-8,13-16,23-26H,(H,27,28)(H,29,30). The zero-order valence-electron chi connectivity index (χ0n) is 19.8. The highest BCUT2D eigenvalue weighted by Gasteiger charge is 2.50. The minimum Gasteiger partial charge on any atom is -0.508 e. The number of carbonyl (C=O) groups is 6. The van der Waals surface area contributed by atoms with Crippen LogP contribution in [-0.4, -0.2) is 80.7 Å².